The molecule has 0 fully saturated rings. The lowest BCUT2D eigenvalue weighted by Gasteiger charge is -2.08. The Kier molecular flexibility index (Phi) is 4.10. The second-order valence-corrected chi connectivity index (χ2v) is 4.77. The standard InChI is InChI=1S/C14H12BrNO2/c1-10-3-2-4-13(16-10)9-18-14-6-5-12(15)7-11(14)8-17/h2-8H,9H2,1H3. The molecule has 3 nitrogen and oxygen atoms in total. The maximum atomic E-state index is 10.9. The molecule has 0 unspecified atom stereocenters. The van der Waals surface area contributed by atoms with Crippen LogP contribution in [0.5, 0.6) is 5.75 Å². The number of aromatic nitrogens is 1. The summed E-state index contributed by atoms with van der Waals surface area (Å²) in [6.07, 6.45) is 0.782. The van der Waals surface area contributed by atoms with Gasteiger partial charge in [-0.1, -0.05) is 22.0 Å². The van der Waals surface area contributed by atoms with E-state index >= 15 is 0 Å². The van der Waals surface area contributed by atoms with E-state index in [9.17, 15) is 4.79 Å². The molecule has 2 rings (SSSR count). The van der Waals surface area contributed by atoms with Crippen LogP contribution in [-0.4, -0.2) is 11.3 Å². The first-order valence-electron chi connectivity index (χ1n) is 5.49. The number of nitrogens with zero attached hydrogens (tertiary/aromatic N) is 1. The monoisotopic (exact) mass is 305 g/mol. The van der Waals surface area contributed by atoms with Crippen LogP contribution in [-0.2, 0) is 6.61 Å². The molecule has 1 heterocycles. The summed E-state index contributed by atoms with van der Waals surface area (Å²) in [6, 6.07) is 11.1. The van der Waals surface area contributed by atoms with E-state index in [1.165, 1.54) is 0 Å². The molecule has 0 saturated carbocycles. The van der Waals surface area contributed by atoms with Crippen molar-refractivity contribution in [3.8, 4) is 5.75 Å². The zero-order valence-electron chi connectivity index (χ0n) is 9.89. The fourth-order valence-electron chi connectivity index (χ4n) is 1.57. The molecule has 0 atom stereocenters. The average Bonchev–Trinajstić information content (AvgIpc) is 2.37. The van der Waals surface area contributed by atoms with Crippen molar-refractivity contribution in [3.63, 3.8) is 0 Å². The minimum absolute atomic E-state index is 0.351. The molecular formula is C14H12BrNO2. The molecule has 0 aliphatic heterocycles. The lowest BCUT2D eigenvalue weighted by atomic mass is 10.2. The zero-order chi connectivity index (χ0) is 13.0. The molecule has 92 valence electrons. The number of aldehydes is 1. The second-order valence-electron chi connectivity index (χ2n) is 3.86. The lowest BCUT2D eigenvalue weighted by molar-refractivity contribution is 0.111. The normalized spacial score (nSPS) is 10.1. The molecule has 4 heteroatoms. The first-order chi connectivity index (χ1) is 8.69. The smallest absolute Gasteiger partial charge is 0.153 e. The van der Waals surface area contributed by atoms with E-state index in [2.05, 4.69) is 20.9 Å². The highest BCUT2D eigenvalue weighted by Gasteiger charge is 2.04. The summed E-state index contributed by atoms with van der Waals surface area (Å²) in [5, 5.41) is 0. The summed E-state index contributed by atoms with van der Waals surface area (Å²) >= 11 is 3.32. The van der Waals surface area contributed by atoms with Crippen LogP contribution in [0.15, 0.2) is 40.9 Å². The van der Waals surface area contributed by atoms with Gasteiger partial charge in [0.05, 0.1) is 11.3 Å². The molecule has 18 heavy (non-hydrogen) atoms. The maximum Gasteiger partial charge on any atom is 0.153 e. The van der Waals surface area contributed by atoms with Crippen molar-refractivity contribution < 1.29 is 9.53 Å². The number of hydrogen-bond acceptors (Lipinski definition) is 3. The Morgan fingerprint density at radius 2 is 2.17 bits per heavy atom. The molecule has 0 aliphatic carbocycles. The number of carbonyl (C=O) groups is 1. The Bertz CT molecular complexity index is 569. The van der Waals surface area contributed by atoms with Crippen molar-refractivity contribution in [3.05, 3.63) is 57.8 Å². The number of halogens is 1. The number of benzene rings is 1. The third kappa shape index (κ3) is 3.17. The number of rotatable bonds is 4. The fraction of sp³-hybridized carbons (Fsp3) is 0.143. The molecule has 0 N–H and O–H groups in total. The third-order valence-corrected chi connectivity index (χ3v) is 2.91. The van der Waals surface area contributed by atoms with E-state index < -0.39 is 0 Å². The molecular weight excluding hydrogens is 294 g/mol. The fourth-order valence-corrected chi connectivity index (χ4v) is 1.95. The van der Waals surface area contributed by atoms with E-state index in [0.29, 0.717) is 17.9 Å². The maximum absolute atomic E-state index is 10.9. The van der Waals surface area contributed by atoms with Gasteiger partial charge in [-0.25, -0.2) is 0 Å². The molecule has 1 aromatic heterocycles. The summed E-state index contributed by atoms with van der Waals surface area (Å²) in [6.45, 7) is 2.28. The van der Waals surface area contributed by atoms with Crippen LogP contribution < -0.4 is 4.74 Å². The summed E-state index contributed by atoms with van der Waals surface area (Å²) in [5.41, 5.74) is 2.31. The highest BCUT2D eigenvalue weighted by atomic mass is 79.9. The minimum Gasteiger partial charge on any atom is -0.487 e. The van der Waals surface area contributed by atoms with Gasteiger partial charge in [0.25, 0.3) is 0 Å². The van der Waals surface area contributed by atoms with Crippen LogP contribution in [0, 0.1) is 6.92 Å². The van der Waals surface area contributed by atoms with Gasteiger partial charge in [-0.2, -0.15) is 0 Å². The van der Waals surface area contributed by atoms with E-state index in [0.717, 1.165) is 22.1 Å². The van der Waals surface area contributed by atoms with Gasteiger partial charge in [-0.3, -0.25) is 9.78 Å². The predicted molar refractivity (Wildman–Crippen MR) is 72.8 cm³/mol. The number of ether oxygens (including phenoxy) is 1. The molecule has 2 aromatic rings. The van der Waals surface area contributed by atoms with Crippen LogP contribution in [0.1, 0.15) is 21.7 Å². The highest BCUT2D eigenvalue weighted by molar-refractivity contribution is 9.10. The van der Waals surface area contributed by atoms with E-state index in [4.69, 9.17) is 4.74 Å². The number of carbonyl (C=O) groups excluding carboxylic acids is 1. The molecule has 0 radical (unpaired) electrons. The Balaban J connectivity index is 2.13. The predicted octanol–water partition coefficient (Wildman–Crippen LogP) is 3.54. The zero-order valence-corrected chi connectivity index (χ0v) is 11.5. The Hall–Kier alpha value is -1.68. The topological polar surface area (TPSA) is 39.2 Å². The highest BCUT2D eigenvalue weighted by Crippen LogP contribution is 2.22. The third-order valence-electron chi connectivity index (χ3n) is 2.42. The van der Waals surface area contributed by atoms with Crippen LogP contribution >= 0.6 is 15.9 Å². The van der Waals surface area contributed by atoms with Gasteiger partial charge in [0.2, 0.25) is 0 Å². The van der Waals surface area contributed by atoms with Crippen LogP contribution in [0.4, 0.5) is 0 Å². The van der Waals surface area contributed by atoms with Crippen molar-refractivity contribution in [2.45, 2.75) is 13.5 Å². The number of aryl methyl sites for hydroxylation is 1. The molecule has 0 saturated heterocycles. The van der Waals surface area contributed by atoms with Gasteiger partial charge in [0, 0.05) is 10.2 Å². The molecule has 0 spiro atoms. The van der Waals surface area contributed by atoms with Gasteiger partial charge in [0.15, 0.2) is 6.29 Å². The lowest BCUT2D eigenvalue weighted by Crippen LogP contribution is -2.01. The van der Waals surface area contributed by atoms with Crippen LogP contribution in [0.3, 0.4) is 0 Å². The van der Waals surface area contributed by atoms with Crippen molar-refractivity contribution in [2.75, 3.05) is 0 Å². The molecule has 0 bridgehead atoms. The summed E-state index contributed by atoms with van der Waals surface area (Å²) < 4.78 is 6.46. The molecule has 0 amide bonds. The summed E-state index contributed by atoms with van der Waals surface area (Å²) in [5.74, 6) is 0.566. The van der Waals surface area contributed by atoms with Gasteiger partial charge in [-0.05, 0) is 37.3 Å². The second kappa shape index (κ2) is 5.78. The van der Waals surface area contributed by atoms with Crippen molar-refractivity contribution in [2.24, 2.45) is 0 Å². The van der Waals surface area contributed by atoms with Gasteiger partial charge in [-0.15, -0.1) is 0 Å². The van der Waals surface area contributed by atoms with Crippen molar-refractivity contribution in [1.82, 2.24) is 4.98 Å². The Morgan fingerprint density at radius 3 is 2.89 bits per heavy atom. The summed E-state index contributed by atoms with van der Waals surface area (Å²) in [7, 11) is 0. The quantitative estimate of drug-likeness (QED) is 0.811. The van der Waals surface area contributed by atoms with Crippen molar-refractivity contribution >= 4 is 22.2 Å². The average molecular weight is 306 g/mol. The van der Waals surface area contributed by atoms with Crippen LogP contribution in [0.2, 0.25) is 0 Å². The first-order valence-corrected chi connectivity index (χ1v) is 6.28. The van der Waals surface area contributed by atoms with Crippen LogP contribution in [0.25, 0.3) is 0 Å². The van der Waals surface area contributed by atoms with E-state index in [1.54, 1.807) is 12.1 Å². The summed E-state index contributed by atoms with van der Waals surface area (Å²) in [4.78, 5) is 15.3. The molecule has 1 aromatic carbocycles. The Morgan fingerprint density at radius 1 is 1.33 bits per heavy atom. The SMILES string of the molecule is Cc1cccc(COc2ccc(Br)cc2C=O)n1. The number of hydrogen-bond donors (Lipinski definition) is 0. The van der Waals surface area contributed by atoms with Crippen molar-refractivity contribution in [1.29, 1.82) is 0 Å². The first kappa shape index (κ1) is 12.8. The number of pyridine rings is 1. The minimum atomic E-state index is 0.351. The molecule has 0 aliphatic rings. The van der Waals surface area contributed by atoms with E-state index in [1.807, 2.05) is 31.2 Å². The van der Waals surface area contributed by atoms with Gasteiger partial charge < -0.3 is 4.74 Å². The Labute approximate surface area is 114 Å². The van der Waals surface area contributed by atoms with Gasteiger partial charge in [0.1, 0.15) is 12.4 Å². The largest absolute Gasteiger partial charge is 0.487 e. The van der Waals surface area contributed by atoms with E-state index in [-0.39, 0.29) is 0 Å². The van der Waals surface area contributed by atoms with Gasteiger partial charge >= 0.3 is 0 Å².